The minimum Gasteiger partial charge on any atom is -0.481 e. The summed E-state index contributed by atoms with van der Waals surface area (Å²) in [7, 11) is 0. The number of hydrogen-bond donors (Lipinski definition) is 3. The van der Waals surface area contributed by atoms with Crippen LogP contribution >= 0.6 is 0 Å². The van der Waals surface area contributed by atoms with Crippen LogP contribution in [-0.4, -0.2) is 22.3 Å². The third-order valence-electron chi connectivity index (χ3n) is 3.28. The summed E-state index contributed by atoms with van der Waals surface area (Å²) in [4.78, 5) is 22.8. The normalized spacial score (nSPS) is 13.6. The predicted octanol–water partition coefficient (Wildman–Crippen LogP) is 2.48. The van der Waals surface area contributed by atoms with Gasteiger partial charge in [0.1, 0.15) is 5.69 Å². The topological polar surface area (TPSA) is 93.1 Å². The predicted molar refractivity (Wildman–Crippen MR) is 80.0 cm³/mol. The highest BCUT2D eigenvalue weighted by Crippen LogP contribution is 2.32. The first-order valence-electron chi connectivity index (χ1n) is 6.56. The molecule has 0 bridgehead atoms. The molecule has 7 heteroatoms. The number of amides is 2. The van der Waals surface area contributed by atoms with Crippen molar-refractivity contribution in [2.45, 2.75) is 6.42 Å². The lowest BCUT2D eigenvalue weighted by atomic mass is 10.1. The van der Waals surface area contributed by atoms with Gasteiger partial charge in [-0.3, -0.25) is 10.0 Å². The number of carbonyl (C=O) groups excluding carboxylic acids is 1. The van der Waals surface area contributed by atoms with Gasteiger partial charge in [0.25, 0.3) is 0 Å². The maximum Gasteiger partial charge on any atom is 0.347 e. The number of rotatable bonds is 3. The molecule has 1 heterocycles. The van der Waals surface area contributed by atoms with Crippen LogP contribution in [0.25, 0.3) is 0 Å². The molecule has 2 aromatic rings. The third kappa shape index (κ3) is 2.45. The summed E-state index contributed by atoms with van der Waals surface area (Å²) in [6, 6.07) is 12.7. The van der Waals surface area contributed by atoms with Crippen LogP contribution in [0.5, 0.6) is 0 Å². The fourth-order valence-corrected chi connectivity index (χ4v) is 2.27. The van der Waals surface area contributed by atoms with E-state index >= 15 is 0 Å². The first kappa shape index (κ1) is 13.9. The standard InChI is InChI=1S/C15H13N3O4/c19-14(20)9-10-5-7-11(8-6-10)17-15(21)16-12-3-1-2-4-13(12)18(17)22/h1-8,22H,9H2,(H,16,21)(H,19,20). The lowest BCUT2D eigenvalue weighted by Crippen LogP contribution is -2.50. The average molecular weight is 299 g/mol. The molecule has 0 saturated heterocycles. The number of carbonyl (C=O) groups is 2. The zero-order valence-corrected chi connectivity index (χ0v) is 11.4. The number of hydrogen-bond acceptors (Lipinski definition) is 4. The monoisotopic (exact) mass is 299 g/mol. The summed E-state index contributed by atoms with van der Waals surface area (Å²) >= 11 is 0. The first-order valence-corrected chi connectivity index (χ1v) is 6.56. The summed E-state index contributed by atoms with van der Waals surface area (Å²) in [5.74, 6) is -0.929. The van der Waals surface area contributed by atoms with E-state index in [0.717, 1.165) is 10.2 Å². The molecule has 3 N–H and O–H groups in total. The Bertz CT molecular complexity index is 730. The van der Waals surface area contributed by atoms with Crippen LogP contribution in [0.3, 0.4) is 0 Å². The molecule has 0 unspecified atom stereocenters. The van der Waals surface area contributed by atoms with E-state index in [1.54, 1.807) is 48.5 Å². The van der Waals surface area contributed by atoms with Gasteiger partial charge in [0.15, 0.2) is 0 Å². The number of benzene rings is 2. The van der Waals surface area contributed by atoms with E-state index in [-0.39, 0.29) is 6.42 Å². The van der Waals surface area contributed by atoms with E-state index in [1.807, 2.05) is 0 Å². The number of urea groups is 1. The molecule has 0 radical (unpaired) electrons. The third-order valence-corrected chi connectivity index (χ3v) is 3.28. The Hall–Kier alpha value is -3.06. The van der Waals surface area contributed by atoms with E-state index in [4.69, 9.17) is 5.11 Å². The minimum absolute atomic E-state index is 0.0991. The second-order valence-electron chi connectivity index (χ2n) is 4.79. The molecular formula is C15H13N3O4. The van der Waals surface area contributed by atoms with Crippen LogP contribution in [-0.2, 0) is 11.2 Å². The van der Waals surface area contributed by atoms with Gasteiger partial charge < -0.3 is 10.4 Å². The number of aliphatic carboxylic acids is 1. The molecule has 22 heavy (non-hydrogen) atoms. The Morgan fingerprint density at radius 2 is 1.77 bits per heavy atom. The van der Waals surface area contributed by atoms with Gasteiger partial charge in [0, 0.05) is 0 Å². The SMILES string of the molecule is O=C(O)Cc1ccc(N2C(=O)Nc3ccccc3N2O)cc1. The van der Waals surface area contributed by atoms with Crippen molar-refractivity contribution >= 4 is 29.1 Å². The van der Waals surface area contributed by atoms with Gasteiger partial charge in [-0.1, -0.05) is 24.3 Å². The maximum atomic E-state index is 12.1. The Kier molecular flexibility index (Phi) is 3.40. The molecule has 1 aliphatic rings. The highest BCUT2D eigenvalue weighted by atomic mass is 16.6. The quantitative estimate of drug-likeness (QED) is 0.809. The zero-order valence-electron chi connectivity index (χ0n) is 11.4. The van der Waals surface area contributed by atoms with Gasteiger partial charge in [-0.15, -0.1) is 0 Å². The fraction of sp³-hybridized carbons (Fsp3) is 0.0667. The average Bonchev–Trinajstić information content (AvgIpc) is 2.48. The van der Waals surface area contributed by atoms with Gasteiger partial charge >= 0.3 is 12.0 Å². The van der Waals surface area contributed by atoms with Crippen LogP contribution in [0.4, 0.5) is 21.9 Å². The van der Waals surface area contributed by atoms with Gasteiger partial charge in [-0.2, -0.15) is 10.2 Å². The van der Waals surface area contributed by atoms with E-state index in [2.05, 4.69) is 5.32 Å². The highest BCUT2D eigenvalue weighted by Gasteiger charge is 2.30. The molecule has 0 aliphatic carbocycles. The van der Waals surface area contributed by atoms with E-state index < -0.39 is 12.0 Å². The summed E-state index contributed by atoms with van der Waals surface area (Å²) in [6.45, 7) is 0. The van der Waals surface area contributed by atoms with Crippen molar-refractivity contribution in [1.82, 2.24) is 0 Å². The van der Waals surface area contributed by atoms with Crippen LogP contribution in [0.1, 0.15) is 5.56 Å². The van der Waals surface area contributed by atoms with Crippen LogP contribution in [0.15, 0.2) is 48.5 Å². The van der Waals surface area contributed by atoms with Gasteiger partial charge in [0.05, 0.1) is 17.8 Å². The number of fused-ring (bicyclic) bond motifs is 1. The van der Waals surface area contributed by atoms with Gasteiger partial charge in [-0.05, 0) is 29.8 Å². The molecule has 7 nitrogen and oxygen atoms in total. The van der Waals surface area contributed by atoms with E-state index in [9.17, 15) is 14.8 Å². The summed E-state index contributed by atoms with van der Waals surface area (Å²) in [5, 5.41) is 23.5. The largest absolute Gasteiger partial charge is 0.481 e. The number of nitrogens with zero attached hydrogens (tertiary/aromatic N) is 2. The zero-order chi connectivity index (χ0) is 15.7. The highest BCUT2D eigenvalue weighted by molar-refractivity contribution is 6.08. The first-order chi connectivity index (χ1) is 10.6. The maximum absolute atomic E-state index is 12.1. The molecular weight excluding hydrogens is 286 g/mol. The van der Waals surface area contributed by atoms with Crippen molar-refractivity contribution in [1.29, 1.82) is 0 Å². The van der Waals surface area contributed by atoms with E-state index in [0.29, 0.717) is 22.6 Å². The molecule has 3 rings (SSSR count). The molecule has 0 spiro atoms. The summed E-state index contributed by atoms with van der Waals surface area (Å²) in [6.07, 6.45) is -0.0991. The lowest BCUT2D eigenvalue weighted by Gasteiger charge is -2.36. The number of nitrogens with one attached hydrogen (secondary N) is 1. The summed E-state index contributed by atoms with van der Waals surface area (Å²) < 4.78 is 0. The number of carboxylic acids is 1. The second-order valence-corrected chi connectivity index (χ2v) is 4.79. The fourth-order valence-electron chi connectivity index (χ4n) is 2.27. The molecule has 2 amide bonds. The summed E-state index contributed by atoms with van der Waals surface area (Å²) in [5.41, 5.74) is 1.98. The van der Waals surface area contributed by atoms with Crippen molar-refractivity contribution in [3.05, 3.63) is 54.1 Å². The second kappa shape index (κ2) is 5.38. The van der Waals surface area contributed by atoms with Gasteiger partial charge in [0.2, 0.25) is 0 Å². The Morgan fingerprint density at radius 1 is 1.09 bits per heavy atom. The molecule has 0 saturated carbocycles. The lowest BCUT2D eigenvalue weighted by molar-refractivity contribution is -0.136. The number of para-hydroxylation sites is 2. The molecule has 2 aromatic carbocycles. The minimum atomic E-state index is -0.929. The molecule has 1 aliphatic heterocycles. The van der Waals surface area contributed by atoms with Gasteiger partial charge in [-0.25, -0.2) is 4.79 Å². The molecule has 0 atom stereocenters. The number of anilines is 3. The number of carboxylic acid groups (broad SMARTS) is 1. The van der Waals surface area contributed by atoms with Crippen molar-refractivity contribution in [2.75, 3.05) is 15.5 Å². The molecule has 0 aromatic heterocycles. The van der Waals surface area contributed by atoms with Crippen LogP contribution < -0.4 is 15.5 Å². The number of hydrazine groups is 1. The van der Waals surface area contributed by atoms with Crippen molar-refractivity contribution < 1.29 is 19.9 Å². The van der Waals surface area contributed by atoms with E-state index in [1.165, 1.54) is 0 Å². The smallest absolute Gasteiger partial charge is 0.347 e. The Labute approximate surface area is 125 Å². The van der Waals surface area contributed by atoms with Crippen molar-refractivity contribution in [3.8, 4) is 0 Å². The molecule has 0 fully saturated rings. The van der Waals surface area contributed by atoms with Crippen molar-refractivity contribution in [2.24, 2.45) is 0 Å². The van der Waals surface area contributed by atoms with Crippen LogP contribution in [0.2, 0.25) is 0 Å². The van der Waals surface area contributed by atoms with Crippen LogP contribution in [0, 0.1) is 0 Å². The molecule has 112 valence electrons. The Balaban J connectivity index is 1.91. The van der Waals surface area contributed by atoms with Crippen molar-refractivity contribution in [3.63, 3.8) is 0 Å². The Morgan fingerprint density at radius 3 is 2.45 bits per heavy atom.